The van der Waals surface area contributed by atoms with E-state index in [-0.39, 0.29) is 5.92 Å². The van der Waals surface area contributed by atoms with Crippen LogP contribution in [0.15, 0.2) is 24.3 Å². The van der Waals surface area contributed by atoms with Crippen molar-refractivity contribution < 1.29 is 4.79 Å². The molecule has 1 heterocycles. The maximum Gasteiger partial charge on any atom is 0.142 e. The van der Waals surface area contributed by atoms with Crippen LogP contribution in [0.4, 0.5) is 5.69 Å². The molecule has 1 unspecified atom stereocenters. The van der Waals surface area contributed by atoms with E-state index >= 15 is 0 Å². The van der Waals surface area contributed by atoms with Gasteiger partial charge in [0.05, 0.1) is 5.92 Å². The number of fused-ring (bicyclic) bond motifs is 1. The van der Waals surface area contributed by atoms with Gasteiger partial charge in [0.2, 0.25) is 0 Å². The molecule has 1 aromatic rings. The zero-order valence-corrected chi connectivity index (χ0v) is 10.7. The Morgan fingerprint density at radius 1 is 1.41 bits per heavy atom. The van der Waals surface area contributed by atoms with Crippen LogP contribution in [-0.2, 0) is 4.79 Å². The van der Waals surface area contributed by atoms with Crippen molar-refractivity contribution in [2.24, 2.45) is 5.92 Å². The standard InChI is InChI=1S/C15H21NO/c1-11(2)6-5-9-15(17)13-10-16-14-8-4-3-7-12(13)14/h3-4,7-8,11,13,16H,5-6,9-10H2,1-2H3. The number of ketones is 1. The number of benzene rings is 1. The second-order valence-electron chi connectivity index (χ2n) is 5.27. The van der Waals surface area contributed by atoms with Gasteiger partial charge in [0.15, 0.2) is 0 Å². The molecule has 0 fully saturated rings. The Hall–Kier alpha value is -1.31. The molecule has 2 heteroatoms. The van der Waals surface area contributed by atoms with Gasteiger partial charge in [-0.2, -0.15) is 0 Å². The van der Waals surface area contributed by atoms with E-state index in [0.717, 1.165) is 31.5 Å². The molecular weight excluding hydrogens is 210 g/mol. The molecule has 1 aromatic carbocycles. The number of para-hydroxylation sites is 1. The van der Waals surface area contributed by atoms with Crippen molar-refractivity contribution in [3.63, 3.8) is 0 Å². The summed E-state index contributed by atoms with van der Waals surface area (Å²) in [5, 5.41) is 3.31. The fourth-order valence-corrected chi connectivity index (χ4v) is 2.43. The first-order valence-electron chi connectivity index (χ1n) is 6.54. The number of Topliss-reactive ketones (excluding diaryl/α,β-unsaturated/α-hetero) is 1. The van der Waals surface area contributed by atoms with Crippen molar-refractivity contribution in [2.75, 3.05) is 11.9 Å². The van der Waals surface area contributed by atoms with Crippen LogP contribution in [0.3, 0.4) is 0 Å². The molecule has 0 bridgehead atoms. The van der Waals surface area contributed by atoms with Gasteiger partial charge in [-0.3, -0.25) is 4.79 Å². The van der Waals surface area contributed by atoms with Gasteiger partial charge < -0.3 is 5.32 Å². The van der Waals surface area contributed by atoms with Gasteiger partial charge in [-0.05, 0) is 24.0 Å². The highest BCUT2D eigenvalue weighted by Gasteiger charge is 2.27. The maximum absolute atomic E-state index is 12.1. The van der Waals surface area contributed by atoms with Gasteiger partial charge in [0.25, 0.3) is 0 Å². The quantitative estimate of drug-likeness (QED) is 0.839. The lowest BCUT2D eigenvalue weighted by Gasteiger charge is -2.09. The van der Waals surface area contributed by atoms with E-state index in [1.54, 1.807) is 0 Å². The van der Waals surface area contributed by atoms with E-state index in [4.69, 9.17) is 0 Å². The van der Waals surface area contributed by atoms with Crippen LogP contribution in [0.1, 0.15) is 44.6 Å². The van der Waals surface area contributed by atoms with E-state index in [2.05, 4.69) is 31.3 Å². The normalized spacial score (nSPS) is 17.9. The molecule has 0 amide bonds. The van der Waals surface area contributed by atoms with Crippen LogP contribution in [0.2, 0.25) is 0 Å². The highest BCUT2D eigenvalue weighted by molar-refractivity contribution is 5.89. The number of hydrogen-bond donors (Lipinski definition) is 1. The van der Waals surface area contributed by atoms with Crippen LogP contribution in [0.25, 0.3) is 0 Å². The van der Waals surface area contributed by atoms with E-state index in [1.165, 1.54) is 5.56 Å². The third-order valence-electron chi connectivity index (χ3n) is 3.43. The summed E-state index contributed by atoms with van der Waals surface area (Å²) in [6.45, 7) is 5.19. The predicted octanol–water partition coefficient (Wildman–Crippen LogP) is 3.59. The Balaban J connectivity index is 1.93. The molecule has 1 atom stereocenters. The second kappa shape index (κ2) is 5.35. The van der Waals surface area contributed by atoms with Gasteiger partial charge >= 0.3 is 0 Å². The highest BCUT2D eigenvalue weighted by atomic mass is 16.1. The predicted molar refractivity (Wildman–Crippen MR) is 71.4 cm³/mol. The smallest absolute Gasteiger partial charge is 0.142 e. The number of hydrogen-bond acceptors (Lipinski definition) is 2. The first-order chi connectivity index (χ1) is 8.18. The molecule has 1 aliphatic heterocycles. The molecule has 0 saturated carbocycles. The van der Waals surface area contributed by atoms with Crippen LogP contribution >= 0.6 is 0 Å². The van der Waals surface area contributed by atoms with Crippen molar-refractivity contribution in [3.05, 3.63) is 29.8 Å². The monoisotopic (exact) mass is 231 g/mol. The average Bonchev–Trinajstić information content (AvgIpc) is 2.72. The molecule has 2 nitrogen and oxygen atoms in total. The first-order valence-corrected chi connectivity index (χ1v) is 6.54. The summed E-state index contributed by atoms with van der Waals surface area (Å²) < 4.78 is 0. The second-order valence-corrected chi connectivity index (χ2v) is 5.27. The Labute approximate surface area is 103 Å². The van der Waals surface area contributed by atoms with Crippen molar-refractivity contribution in [2.45, 2.75) is 39.0 Å². The van der Waals surface area contributed by atoms with Crippen LogP contribution in [0, 0.1) is 5.92 Å². The zero-order chi connectivity index (χ0) is 12.3. The summed E-state index contributed by atoms with van der Waals surface area (Å²) in [5.74, 6) is 1.17. The summed E-state index contributed by atoms with van der Waals surface area (Å²) in [4.78, 5) is 12.1. The molecule has 0 radical (unpaired) electrons. The SMILES string of the molecule is CC(C)CCCC(=O)C1CNc2ccccc21. The number of carbonyl (C=O) groups excluding carboxylic acids is 1. The summed E-state index contributed by atoms with van der Waals surface area (Å²) in [5.41, 5.74) is 2.32. The van der Waals surface area contributed by atoms with Crippen molar-refractivity contribution in [1.29, 1.82) is 0 Å². The van der Waals surface area contributed by atoms with Gasteiger partial charge in [-0.1, -0.05) is 38.5 Å². The Morgan fingerprint density at radius 3 is 2.94 bits per heavy atom. The lowest BCUT2D eigenvalue weighted by molar-refractivity contribution is -0.120. The molecule has 17 heavy (non-hydrogen) atoms. The number of rotatable bonds is 5. The molecule has 1 N–H and O–H groups in total. The third kappa shape index (κ3) is 2.87. The van der Waals surface area contributed by atoms with Crippen molar-refractivity contribution >= 4 is 11.5 Å². The van der Waals surface area contributed by atoms with Gasteiger partial charge in [-0.25, -0.2) is 0 Å². The molecule has 92 valence electrons. The largest absolute Gasteiger partial charge is 0.384 e. The Morgan fingerprint density at radius 2 is 2.18 bits per heavy atom. The summed E-state index contributed by atoms with van der Waals surface area (Å²) in [6.07, 6.45) is 2.89. The minimum Gasteiger partial charge on any atom is -0.384 e. The van der Waals surface area contributed by atoms with E-state index in [9.17, 15) is 4.79 Å². The average molecular weight is 231 g/mol. The Kier molecular flexibility index (Phi) is 3.82. The van der Waals surface area contributed by atoms with Gasteiger partial charge in [0, 0.05) is 18.7 Å². The molecule has 2 rings (SSSR count). The zero-order valence-electron chi connectivity index (χ0n) is 10.7. The molecular formula is C15H21NO. The Bertz CT molecular complexity index is 398. The highest BCUT2D eigenvalue weighted by Crippen LogP contribution is 2.32. The van der Waals surface area contributed by atoms with E-state index in [1.807, 2.05) is 12.1 Å². The molecule has 0 saturated heterocycles. The van der Waals surface area contributed by atoms with Crippen LogP contribution < -0.4 is 5.32 Å². The third-order valence-corrected chi connectivity index (χ3v) is 3.43. The van der Waals surface area contributed by atoms with Gasteiger partial charge in [0.1, 0.15) is 5.78 Å². The minimum absolute atomic E-state index is 0.0818. The summed E-state index contributed by atoms with van der Waals surface area (Å²) in [7, 11) is 0. The van der Waals surface area contributed by atoms with Crippen LogP contribution in [0.5, 0.6) is 0 Å². The fraction of sp³-hybridized carbons (Fsp3) is 0.533. The van der Waals surface area contributed by atoms with Crippen LogP contribution in [-0.4, -0.2) is 12.3 Å². The topological polar surface area (TPSA) is 29.1 Å². The van der Waals surface area contributed by atoms with Crippen molar-refractivity contribution in [1.82, 2.24) is 0 Å². The molecule has 0 aromatic heterocycles. The van der Waals surface area contributed by atoms with Crippen molar-refractivity contribution in [3.8, 4) is 0 Å². The minimum atomic E-state index is 0.0818. The lowest BCUT2D eigenvalue weighted by atomic mass is 9.93. The summed E-state index contributed by atoms with van der Waals surface area (Å²) in [6, 6.07) is 8.15. The molecule has 0 spiro atoms. The van der Waals surface area contributed by atoms with Gasteiger partial charge in [-0.15, -0.1) is 0 Å². The maximum atomic E-state index is 12.1. The van der Waals surface area contributed by atoms with E-state index < -0.39 is 0 Å². The first kappa shape index (κ1) is 12.2. The van der Waals surface area contributed by atoms with E-state index in [0.29, 0.717) is 11.7 Å². The number of carbonyl (C=O) groups is 1. The fourth-order valence-electron chi connectivity index (χ4n) is 2.43. The molecule has 0 aliphatic carbocycles. The number of nitrogens with one attached hydrogen (secondary N) is 1. The lowest BCUT2D eigenvalue weighted by Crippen LogP contribution is -2.14. The number of anilines is 1. The summed E-state index contributed by atoms with van der Waals surface area (Å²) >= 11 is 0. The molecule has 1 aliphatic rings.